The molecule has 94 valence electrons. The Bertz CT molecular complexity index is 478. The lowest BCUT2D eigenvalue weighted by Crippen LogP contribution is -2.31. The minimum absolute atomic E-state index is 0.234. The van der Waals surface area contributed by atoms with Crippen LogP contribution in [0.25, 0.3) is 6.08 Å². The van der Waals surface area contributed by atoms with Crippen LogP contribution in [0.5, 0.6) is 0 Å². The molecule has 0 bridgehead atoms. The fraction of sp³-hybridized carbons (Fsp3) is 0.462. The van der Waals surface area contributed by atoms with Gasteiger partial charge in [-0.3, -0.25) is 0 Å². The second kappa shape index (κ2) is 5.27. The van der Waals surface area contributed by atoms with Gasteiger partial charge < -0.3 is 10.2 Å². The smallest absolute Gasteiger partial charge is 0.130 e. The largest absolute Gasteiger partial charge is 0.392 e. The number of oxime groups is 1. The standard InChI is InChI=1S/C13H16N4O/c1-2-12-11(8-15-9-16-12)13(3-1)17-18-10-4-6-14-7-5-10/h1-2,8-10,14H,3-7H2. The molecule has 1 N–H and O–H groups in total. The summed E-state index contributed by atoms with van der Waals surface area (Å²) in [5.74, 6) is 0. The summed E-state index contributed by atoms with van der Waals surface area (Å²) in [7, 11) is 0. The number of aromatic nitrogens is 2. The predicted octanol–water partition coefficient (Wildman–Crippen LogP) is 1.37. The maximum Gasteiger partial charge on any atom is 0.130 e. The van der Waals surface area contributed by atoms with Crippen LogP contribution < -0.4 is 5.32 Å². The molecule has 1 saturated heterocycles. The quantitative estimate of drug-likeness (QED) is 0.798. The fourth-order valence-electron chi connectivity index (χ4n) is 2.21. The summed E-state index contributed by atoms with van der Waals surface area (Å²) < 4.78 is 0. The van der Waals surface area contributed by atoms with Crippen molar-refractivity contribution in [2.75, 3.05) is 13.1 Å². The molecule has 2 aliphatic rings. The molecule has 1 aliphatic heterocycles. The van der Waals surface area contributed by atoms with Crippen LogP contribution in [0.1, 0.15) is 30.5 Å². The first-order valence-electron chi connectivity index (χ1n) is 6.34. The van der Waals surface area contributed by atoms with Crippen LogP contribution in [0.15, 0.2) is 23.8 Å². The van der Waals surface area contributed by atoms with Crippen LogP contribution in [0.4, 0.5) is 0 Å². The van der Waals surface area contributed by atoms with Crippen LogP contribution in [-0.4, -0.2) is 34.9 Å². The first kappa shape index (κ1) is 11.3. The molecule has 1 aromatic heterocycles. The molecule has 0 saturated carbocycles. The van der Waals surface area contributed by atoms with E-state index < -0.39 is 0 Å². The second-order valence-corrected chi connectivity index (χ2v) is 4.52. The third-order valence-corrected chi connectivity index (χ3v) is 3.24. The first-order chi connectivity index (χ1) is 8.93. The van der Waals surface area contributed by atoms with E-state index >= 15 is 0 Å². The van der Waals surface area contributed by atoms with Gasteiger partial charge in [-0.1, -0.05) is 11.2 Å². The number of piperidine rings is 1. The molecule has 5 nitrogen and oxygen atoms in total. The van der Waals surface area contributed by atoms with Crippen molar-refractivity contribution in [3.63, 3.8) is 0 Å². The van der Waals surface area contributed by atoms with Crippen molar-refractivity contribution in [3.05, 3.63) is 29.9 Å². The molecule has 1 fully saturated rings. The lowest BCUT2D eigenvalue weighted by molar-refractivity contribution is 0.0375. The Labute approximate surface area is 106 Å². The van der Waals surface area contributed by atoms with Crippen molar-refractivity contribution >= 4 is 11.8 Å². The second-order valence-electron chi connectivity index (χ2n) is 4.52. The van der Waals surface area contributed by atoms with Gasteiger partial charge in [0.05, 0.1) is 11.4 Å². The van der Waals surface area contributed by atoms with Gasteiger partial charge in [-0.05, 0) is 32.0 Å². The fourth-order valence-corrected chi connectivity index (χ4v) is 2.21. The highest BCUT2D eigenvalue weighted by Gasteiger charge is 2.16. The van der Waals surface area contributed by atoms with Gasteiger partial charge in [-0.25, -0.2) is 9.97 Å². The Hall–Kier alpha value is -1.75. The van der Waals surface area contributed by atoms with Gasteiger partial charge in [0.15, 0.2) is 0 Å². The third kappa shape index (κ3) is 2.41. The van der Waals surface area contributed by atoms with E-state index in [1.54, 1.807) is 12.5 Å². The molecule has 0 amide bonds. The number of nitrogens with one attached hydrogen (secondary N) is 1. The molecule has 18 heavy (non-hydrogen) atoms. The molecule has 2 heterocycles. The minimum atomic E-state index is 0.234. The molecule has 0 radical (unpaired) electrons. The number of hydrogen-bond acceptors (Lipinski definition) is 5. The normalized spacial score (nSPS) is 21.9. The number of fused-ring (bicyclic) bond motifs is 1. The summed E-state index contributed by atoms with van der Waals surface area (Å²) in [6, 6.07) is 0. The zero-order valence-electron chi connectivity index (χ0n) is 10.2. The van der Waals surface area contributed by atoms with Gasteiger partial charge in [0.2, 0.25) is 0 Å². The Balaban J connectivity index is 1.74. The van der Waals surface area contributed by atoms with Gasteiger partial charge in [0.25, 0.3) is 0 Å². The van der Waals surface area contributed by atoms with E-state index in [1.807, 2.05) is 6.08 Å². The molecule has 0 unspecified atom stereocenters. The van der Waals surface area contributed by atoms with Crippen molar-refractivity contribution in [3.8, 4) is 0 Å². The minimum Gasteiger partial charge on any atom is -0.392 e. The number of hydrogen-bond donors (Lipinski definition) is 1. The van der Waals surface area contributed by atoms with E-state index in [1.165, 1.54) is 0 Å². The van der Waals surface area contributed by atoms with Gasteiger partial charge in [0, 0.05) is 18.2 Å². The van der Waals surface area contributed by atoms with Crippen molar-refractivity contribution < 1.29 is 4.84 Å². The van der Waals surface area contributed by atoms with Crippen molar-refractivity contribution in [1.82, 2.24) is 15.3 Å². The summed E-state index contributed by atoms with van der Waals surface area (Å²) >= 11 is 0. The molecule has 1 aromatic rings. The van der Waals surface area contributed by atoms with Crippen molar-refractivity contribution in [2.24, 2.45) is 5.16 Å². The zero-order chi connectivity index (χ0) is 12.2. The Morgan fingerprint density at radius 1 is 1.33 bits per heavy atom. The van der Waals surface area contributed by atoms with E-state index in [2.05, 4.69) is 26.5 Å². The van der Waals surface area contributed by atoms with E-state index in [0.717, 1.165) is 49.3 Å². The third-order valence-electron chi connectivity index (χ3n) is 3.24. The van der Waals surface area contributed by atoms with E-state index in [0.29, 0.717) is 0 Å². The SMILES string of the molecule is C1=Cc2ncncc2C(=NOC2CCNCC2)C1. The lowest BCUT2D eigenvalue weighted by Gasteiger charge is -2.21. The Morgan fingerprint density at radius 2 is 2.22 bits per heavy atom. The van der Waals surface area contributed by atoms with Crippen molar-refractivity contribution in [1.29, 1.82) is 0 Å². The van der Waals surface area contributed by atoms with Crippen LogP contribution >= 0.6 is 0 Å². The van der Waals surface area contributed by atoms with Gasteiger partial charge in [0.1, 0.15) is 12.4 Å². The molecular formula is C13H16N4O. The molecule has 0 spiro atoms. The lowest BCUT2D eigenvalue weighted by atomic mass is 10.0. The van der Waals surface area contributed by atoms with E-state index in [4.69, 9.17) is 4.84 Å². The first-order valence-corrected chi connectivity index (χ1v) is 6.34. The molecule has 3 rings (SSSR count). The van der Waals surface area contributed by atoms with Gasteiger partial charge in [-0.15, -0.1) is 0 Å². The highest BCUT2D eigenvalue weighted by Crippen LogP contribution is 2.17. The molecular weight excluding hydrogens is 228 g/mol. The summed E-state index contributed by atoms with van der Waals surface area (Å²) in [5.41, 5.74) is 2.82. The molecule has 0 aromatic carbocycles. The predicted molar refractivity (Wildman–Crippen MR) is 69.2 cm³/mol. The maximum absolute atomic E-state index is 5.64. The number of nitrogens with zero attached hydrogens (tertiary/aromatic N) is 3. The van der Waals surface area contributed by atoms with E-state index in [-0.39, 0.29) is 6.10 Å². The van der Waals surface area contributed by atoms with Gasteiger partial charge in [-0.2, -0.15) is 0 Å². The summed E-state index contributed by atoms with van der Waals surface area (Å²) in [5, 5.41) is 7.61. The summed E-state index contributed by atoms with van der Waals surface area (Å²) in [6.45, 7) is 2.02. The molecule has 1 aliphatic carbocycles. The molecule has 5 heteroatoms. The van der Waals surface area contributed by atoms with Crippen molar-refractivity contribution in [2.45, 2.75) is 25.4 Å². The monoisotopic (exact) mass is 244 g/mol. The van der Waals surface area contributed by atoms with E-state index in [9.17, 15) is 0 Å². The zero-order valence-corrected chi connectivity index (χ0v) is 10.2. The number of allylic oxidation sites excluding steroid dienone is 1. The highest BCUT2D eigenvalue weighted by molar-refractivity contribution is 6.05. The molecule has 0 atom stereocenters. The van der Waals surface area contributed by atoms with Crippen LogP contribution in [-0.2, 0) is 4.84 Å². The Morgan fingerprint density at radius 3 is 3.11 bits per heavy atom. The highest BCUT2D eigenvalue weighted by atomic mass is 16.6. The Kier molecular flexibility index (Phi) is 3.32. The average Bonchev–Trinajstić information content (AvgIpc) is 2.46. The topological polar surface area (TPSA) is 59.4 Å². The summed E-state index contributed by atoms with van der Waals surface area (Å²) in [6.07, 6.45) is 10.5. The average molecular weight is 244 g/mol. The maximum atomic E-state index is 5.64. The van der Waals surface area contributed by atoms with Crippen LogP contribution in [0.3, 0.4) is 0 Å². The summed E-state index contributed by atoms with van der Waals surface area (Å²) in [4.78, 5) is 13.9. The number of rotatable bonds is 2. The van der Waals surface area contributed by atoms with Crippen LogP contribution in [0.2, 0.25) is 0 Å². The van der Waals surface area contributed by atoms with Gasteiger partial charge >= 0.3 is 0 Å². The van der Waals surface area contributed by atoms with Crippen LogP contribution in [0, 0.1) is 0 Å².